The molecule has 21 heavy (non-hydrogen) atoms. The van der Waals surface area contributed by atoms with Crippen LogP contribution in [0.15, 0.2) is 5.38 Å². The number of alkyl halides is 2. The van der Waals surface area contributed by atoms with E-state index in [0.29, 0.717) is 16.1 Å². The van der Waals surface area contributed by atoms with Crippen molar-refractivity contribution in [2.45, 2.75) is 38.7 Å². The molecular formula is C13H16F2N2O3S. The maximum absolute atomic E-state index is 12.7. The molecule has 116 valence electrons. The number of hydrogen-bond acceptors (Lipinski definition) is 4. The number of urea groups is 1. The van der Waals surface area contributed by atoms with Crippen LogP contribution in [-0.2, 0) is 4.74 Å². The number of rotatable bonds is 4. The summed E-state index contributed by atoms with van der Waals surface area (Å²) in [4.78, 5) is 23.6. The van der Waals surface area contributed by atoms with Crippen molar-refractivity contribution in [1.82, 2.24) is 5.32 Å². The van der Waals surface area contributed by atoms with Gasteiger partial charge < -0.3 is 10.1 Å². The number of anilines is 1. The normalized spacial score (nSPS) is 17.0. The van der Waals surface area contributed by atoms with Crippen LogP contribution in [-0.4, -0.2) is 30.6 Å². The van der Waals surface area contributed by atoms with Gasteiger partial charge in [-0.25, -0.2) is 18.4 Å². The molecule has 0 aromatic carbocycles. The van der Waals surface area contributed by atoms with Gasteiger partial charge in [-0.1, -0.05) is 0 Å². The minimum Gasteiger partial charge on any atom is -0.462 e. The van der Waals surface area contributed by atoms with Crippen LogP contribution >= 0.6 is 11.3 Å². The van der Waals surface area contributed by atoms with Crippen LogP contribution in [0.2, 0.25) is 0 Å². The molecule has 0 bridgehead atoms. The van der Waals surface area contributed by atoms with Gasteiger partial charge in [0.05, 0.1) is 12.2 Å². The third-order valence-electron chi connectivity index (χ3n) is 3.11. The number of nitrogens with one attached hydrogen (secondary N) is 2. The molecule has 1 aromatic heterocycles. The van der Waals surface area contributed by atoms with Gasteiger partial charge in [0.2, 0.25) is 0 Å². The zero-order valence-corrected chi connectivity index (χ0v) is 12.5. The number of carbonyl (C=O) groups is 2. The molecule has 1 aliphatic carbocycles. The standard InChI is InChI=1S/C13H16F2N2O3S/c1-3-20-11(18)9-7(2)6-21-10(9)17-12(19)16-8-4-13(14,15)5-8/h6,8H,3-5H2,1-2H3,(H2,16,17,19). The Bertz CT molecular complexity index is 552. The Labute approximate surface area is 124 Å². The first-order chi connectivity index (χ1) is 9.82. The van der Waals surface area contributed by atoms with E-state index in [1.54, 1.807) is 19.2 Å². The molecule has 0 spiro atoms. The van der Waals surface area contributed by atoms with Crippen LogP contribution < -0.4 is 10.6 Å². The Morgan fingerprint density at radius 1 is 1.48 bits per heavy atom. The lowest BCUT2D eigenvalue weighted by Gasteiger charge is -2.35. The van der Waals surface area contributed by atoms with Gasteiger partial charge in [0.1, 0.15) is 5.00 Å². The SMILES string of the molecule is CCOC(=O)c1c(C)csc1NC(=O)NC1CC(F)(F)C1. The van der Waals surface area contributed by atoms with Gasteiger partial charge >= 0.3 is 12.0 Å². The van der Waals surface area contributed by atoms with E-state index in [2.05, 4.69) is 10.6 Å². The number of ether oxygens (including phenoxy) is 1. The summed E-state index contributed by atoms with van der Waals surface area (Å²) in [5.41, 5.74) is 1.000. The van der Waals surface area contributed by atoms with E-state index >= 15 is 0 Å². The predicted octanol–water partition coefficient (Wildman–Crippen LogP) is 3.15. The summed E-state index contributed by atoms with van der Waals surface area (Å²) < 4.78 is 30.3. The second-order valence-corrected chi connectivity index (χ2v) is 5.78. The average molecular weight is 318 g/mol. The Morgan fingerprint density at radius 2 is 2.14 bits per heavy atom. The zero-order valence-electron chi connectivity index (χ0n) is 11.7. The summed E-state index contributed by atoms with van der Waals surface area (Å²) >= 11 is 1.19. The lowest BCUT2D eigenvalue weighted by Crippen LogP contribution is -2.51. The number of thiophene rings is 1. The third-order valence-corrected chi connectivity index (χ3v) is 4.12. The monoisotopic (exact) mass is 318 g/mol. The first kappa shape index (κ1) is 15.7. The van der Waals surface area contributed by atoms with Gasteiger partial charge in [-0.2, -0.15) is 0 Å². The van der Waals surface area contributed by atoms with Crippen molar-refractivity contribution in [2.24, 2.45) is 0 Å². The maximum Gasteiger partial charge on any atom is 0.341 e. The highest BCUT2D eigenvalue weighted by Gasteiger charge is 2.46. The number of carbonyl (C=O) groups excluding carboxylic acids is 2. The quantitative estimate of drug-likeness (QED) is 0.838. The van der Waals surface area contributed by atoms with Crippen LogP contribution in [0.1, 0.15) is 35.7 Å². The second kappa shape index (κ2) is 5.97. The minimum atomic E-state index is -2.69. The number of hydrogen-bond donors (Lipinski definition) is 2. The summed E-state index contributed by atoms with van der Waals surface area (Å²) in [5, 5.41) is 7.05. The molecule has 0 unspecified atom stereocenters. The van der Waals surface area contributed by atoms with Crippen molar-refractivity contribution in [3.8, 4) is 0 Å². The Morgan fingerprint density at radius 3 is 2.71 bits per heavy atom. The Balaban J connectivity index is 1.97. The number of halogens is 2. The van der Waals surface area contributed by atoms with Gasteiger partial charge in [-0.15, -0.1) is 11.3 Å². The van der Waals surface area contributed by atoms with Crippen LogP contribution in [0.4, 0.5) is 18.6 Å². The fourth-order valence-electron chi connectivity index (χ4n) is 2.08. The molecule has 1 heterocycles. The molecule has 2 rings (SSSR count). The zero-order chi connectivity index (χ0) is 15.6. The van der Waals surface area contributed by atoms with Gasteiger partial charge in [0.15, 0.2) is 0 Å². The van der Waals surface area contributed by atoms with Gasteiger partial charge in [-0.3, -0.25) is 5.32 Å². The van der Waals surface area contributed by atoms with E-state index in [4.69, 9.17) is 4.74 Å². The van der Waals surface area contributed by atoms with Gasteiger partial charge in [0, 0.05) is 18.9 Å². The van der Waals surface area contributed by atoms with Crippen LogP contribution in [0.25, 0.3) is 0 Å². The maximum atomic E-state index is 12.7. The average Bonchev–Trinajstić information content (AvgIpc) is 2.68. The highest BCUT2D eigenvalue weighted by atomic mass is 32.1. The molecule has 8 heteroatoms. The number of aryl methyl sites for hydroxylation is 1. The van der Waals surface area contributed by atoms with E-state index in [1.807, 2.05) is 0 Å². The van der Waals surface area contributed by atoms with Crippen molar-refractivity contribution in [1.29, 1.82) is 0 Å². The van der Waals surface area contributed by atoms with Crippen molar-refractivity contribution in [3.05, 3.63) is 16.5 Å². The Kier molecular flexibility index (Phi) is 4.46. The first-order valence-electron chi connectivity index (χ1n) is 6.53. The summed E-state index contributed by atoms with van der Waals surface area (Å²) in [6, 6.07) is -1.13. The van der Waals surface area contributed by atoms with Crippen LogP contribution in [0.5, 0.6) is 0 Å². The smallest absolute Gasteiger partial charge is 0.341 e. The molecular weight excluding hydrogens is 302 g/mol. The van der Waals surface area contributed by atoms with Crippen molar-refractivity contribution in [3.63, 3.8) is 0 Å². The van der Waals surface area contributed by atoms with Crippen molar-refractivity contribution in [2.75, 3.05) is 11.9 Å². The molecule has 0 saturated heterocycles. The number of esters is 1. The van der Waals surface area contributed by atoms with Crippen molar-refractivity contribution >= 4 is 28.3 Å². The number of amides is 2. The third kappa shape index (κ3) is 3.69. The lowest BCUT2D eigenvalue weighted by atomic mass is 9.88. The topological polar surface area (TPSA) is 67.4 Å². The molecule has 0 radical (unpaired) electrons. The molecule has 1 aliphatic rings. The summed E-state index contributed by atoms with van der Waals surface area (Å²) in [6.45, 7) is 3.66. The van der Waals surface area contributed by atoms with Crippen LogP contribution in [0.3, 0.4) is 0 Å². The minimum absolute atomic E-state index is 0.233. The highest BCUT2D eigenvalue weighted by molar-refractivity contribution is 7.15. The second-order valence-electron chi connectivity index (χ2n) is 4.90. The summed E-state index contributed by atoms with van der Waals surface area (Å²) in [6.07, 6.45) is -0.705. The molecule has 1 fully saturated rings. The fourth-order valence-corrected chi connectivity index (χ4v) is 3.01. The van der Waals surface area contributed by atoms with Crippen LogP contribution in [0, 0.1) is 6.92 Å². The lowest BCUT2D eigenvalue weighted by molar-refractivity contribution is -0.0893. The van der Waals surface area contributed by atoms with E-state index in [0.717, 1.165) is 0 Å². The largest absolute Gasteiger partial charge is 0.462 e. The van der Waals surface area contributed by atoms with Gasteiger partial charge in [0.25, 0.3) is 5.92 Å². The summed E-state index contributed by atoms with van der Waals surface area (Å²) in [5.74, 6) is -3.20. The molecule has 0 atom stereocenters. The van der Waals surface area contributed by atoms with Gasteiger partial charge in [-0.05, 0) is 24.8 Å². The van der Waals surface area contributed by atoms with E-state index < -0.39 is 24.0 Å². The Hall–Kier alpha value is -1.70. The molecule has 0 aliphatic heterocycles. The van der Waals surface area contributed by atoms with E-state index in [-0.39, 0.29) is 19.4 Å². The molecule has 1 aromatic rings. The summed E-state index contributed by atoms with van der Waals surface area (Å²) in [7, 11) is 0. The fraction of sp³-hybridized carbons (Fsp3) is 0.538. The molecule has 5 nitrogen and oxygen atoms in total. The highest BCUT2D eigenvalue weighted by Crippen LogP contribution is 2.37. The van der Waals surface area contributed by atoms with E-state index in [9.17, 15) is 18.4 Å². The molecule has 1 saturated carbocycles. The molecule has 2 N–H and O–H groups in total. The molecule has 2 amide bonds. The predicted molar refractivity (Wildman–Crippen MR) is 75.1 cm³/mol. The van der Waals surface area contributed by atoms with Crippen molar-refractivity contribution < 1.29 is 23.1 Å². The van der Waals surface area contributed by atoms with E-state index in [1.165, 1.54) is 11.3 Å². The first-order valence-corrected chi connectivity index (χ1v) is 7.41.